The van der Waals surface area contributed by atoms with Crippen LogP contribution in [0.25, 0.3) is 0 Å². The molecular weight excluding hydrogens is 252 g/mol. The van der Waals surface area contributed by atoms with Gasteiger partial charge in [0.05, 0.1) is 30.8 Å². The van der Waals surface area contributed by atoms with Crippen molar-refractivity contribution in [1.82, 2.24) is 10.3 Å². The molecule has 1 rings (SSSR count). The minimum absolute atomic E-state index is 0.152. The Morgan fingerprint density at radius 2 is 2.44 bits per heavy atom. The number of rotatable bonds is 8. The molecule has 0 bridgehead atoms. The predicted molar refractivity (Wildman–Crippen MR) is 70.7 cm³/mol. The summed E-state index contributed by atoms with van der Waals surface area (Å²) >= 11 is 1.55. The molecule has 0 spiro atoms. The fourth-order valence-electron chi connectivity index (χ4n) is 1.49. The van der Waals surface area contributed by atoms with E-state index in [0.29, 0.717) is 0 Å². The lowest BCUT2D eigenvalue weighted by molar-refractivity contribution is -0.139. The number of carbonyl (C=O) groups excluding carboxylic acids is 1. The molecule has 1 atom stereocenters. The van der Waals surface area contributed by atoms with Gasteiger partial charge in [-0.05, 0) is 6.42 Å². The first-order chi connectivity index (χ1) is 8.69. The number of hydrogen-bond acceptors (Lipinski definition) is 6. The van der Waals surface area contributed by atoms with Crippen molar-refractivity contribution in [3.8, 4) is 0 Å². The van der Waals surface area contributed by atoms with E-state index in [1.54, 1.807) is 11.3 Å². The molecule has 5 nitrogen and oxygen atoms in total. The second-order valence-corrected chi connectivity index (χ2v) is 4.92. The third-order valence-electron chi connectivity index (χ3n) is 2.64. The zero-order valence-corrected chi connectivity index (χ0v) is 11.6. The van der Waals surface area contributed by atoms with Crippen molar-refractivity contribution in [2.45, 2.75) is 32.2 Å². The summed E-state index contributed by atoms with van der Waals surface area (Å²) < 4.78 is 4.59. The van der Waals surface area contributed by atoms with Crippen LogP contribution in [0.2, 0.25) is 0 Å². The largest absolute Gasteiger partial charge is 0.469 e. The quantitative estimate of drug-likeness (QED) is 0.684. The van der Waals surface area contributed by atoms with E-state index >= 15 is 0 Å². The number of aliphatic hydroxyl groups is 1. The van der Waals surface area contributed by atoms with Crippen molar-refractivity contribution < 1.29 is 14.6 Å². The van der Waals surface area contributed by atoms with Crippen molar-refractivity contribution in [3.05, 3.63) is 16.1 Å². The SMILES string of the molecule is CCC(CO)NCCc1nc(CC(=O)OC)cs1. The highest BCUT2D eigenvalue weighted by Gasteiger charge is 2.08. The van der Waals surface area contributed by atoms with Crippen LogP contribution in [-0.4, -0.2) is 42.4 Å². The minimum Gasteiger partial charge on any atom is -0.469 e. The molecule has 1 heterocycles. The van der Waals surface area contributed by atoms with Crippen molar-refractivity contribution in [2.24, 2.45) is 0 Å². The molecule has 0 aromatic carbocycles. The van der Waals surface area contributed by atoms with E-state index in [2.05, 4.69) is 15.0 Å². The first-order valence-corrected chi connectivity index (χ1v) is 6.91. The molecule has 0 saturated carbocycles. The van der Waals surface area contributed by atoms with Gasteiger partial charge in [0, 0.05) is 24.4 Å². The first kappa shape index (κ1) is 15.1. The highest BCUT2D eigenvalue weighted by Crippen LogP contribution is 2.11. The molecule has 0 aliphatic heterocycles. The number of thiazole rings is 1. The zero-order valence-electron chi connectivity index (χ0n) is 10.8. The van der Waals surface area contributed by atoms with Crippen molar-refractivity contribution in [2.75, 3.05) is 20.3 Å². The number of nitrogens with one attached hydrogen (secondary N) is 1. The Bertz CT molecular complexity index is 364. The van der Waals surface area contributed by atoms with Crippen LogP contribution in [0.15, 0.2) is 5.38 Å². The smallest absolute Gasteiger partial charge is 0.311 e. The lowest BCUT2D eigenvalue weighted by Gasteiger charge is -2.12. The Morgan fingerprint density at radius 1 is 1.67 bits per heavy atom. The molecule has 0 fully saturated rings. The Kier molecular flexibility index (Phi) is 6.85. The Hall–Kier alpha value is -0.980. The predicted octanol–water partition coefficient (Wildman–Crippen LogP) is 0.762. The van der Waals surface area contributed by atoms with Crippen molar-refractivity contribution in [1.29, 1.82) is 0 Å². The summed E-state index contributed by atoms with van der Waals surface area (Å²) in [5.41, 5.74) is 0.760. The Balaban J connectivity index is 2.33. The number of ether oxygens (including phenoxy) is 1. The average molecular weight is 272 g/mol. The van der Waals surface area contributed by atoms with Crippen LogP contribution in [-0.2, 0) is 22.4 Å². The summed E-state index contributed by atoms with van der Waals surface area (Å²) in [6, 6.07) is 0.152. The van der Waals surface area contributed by atoms with Crippen LogP contribution in [0.5, 0.6) is 0 Å². The fraction of sp³-hybridized carbons (Fsp3) is 0.667. The number of methoxy groups -OCH3 is 1. The van der Waals surface area contributed by atoms with Gasteiger partial charge in [-0.3, -0.25) is 4.79 Å². The monoisotopic (exact) mass is 272 g/mol. The molecule has 1 aromatic heterocycles. The van der Waals surface area contributed by atoms with Crippen LogP contribution in [0, 0.1) is 0 Å². The molecule has 0 aliphatic rings. The second-order valence-electron chi connectivity index (χ2n) is 3.98. The average Bonchev–Trinajstić information content (AvgIpc) is 2.82. The second kappa shape index (κ2) is 8.18. The highest BCUT2D eigenvalue weighted by molar-refractivity contribution is 7.09. The molecule has 102 valence electrons. The topological polar surface area (TPSA) is 71.5 Å². The lowest BCUT2D eigenvalue weighted by atomic mass is 10.2. The summed E-state index contributed by atoms with van der Waals surface area (Å²) in [7, 11) is 1.37. The molecule has 1 aromatic rings. The van der Waals surface area contributed by atoms with Crippen LogP contribution in [0.1, 0.15) is 24.0 Å². The molecule has 0 amide bonds. The lowest BCUT2D eigenvalue weighted by Crippen LogP contribution is -2.33. The third kappa shape index (κ3) is 5.12. The van der Waals surface area contributed by atoms with E-state index < -0.39 is 0 Å². The molecule has 18 heavy (non-hydrogen) atoms. The summed E-state index contributed by atoms with van der Waals surface area (Å²) in [6.45, 7) is 2.97. The van der Waals surface area contributed by atoms with Crippen molar-refractivity contribution in [3.63, 3.8) is 0 Å². The summed E-state index contributed by atoms with van der Waals surface area (Å²) in [5, 5.41) is 15.2. The van der Waals surface area contributed by atoms with Crippen LogP contribution < -0.4 is 5.32 Å². The summed E-state index contributed by atoms with van der Waals surface area (Å²) in [5.74, 6) is -0.267. The minimum atomic E-state index is -0.267. The zero-order chi connectivity index (χ0) is 13.4. The van der Waals surface area contributed by atoms with E-state index in [-0.39, 0.29) is 25.0 Å². The highest BCUT2D eigenvalue weighted by atomic mass is 32.1. The van der Waals surface area contributed by atoms with E-state index in [4.69, 9.17) is 5.11 Å². The van der Waals surface area contributed by atoms with E-state index in [0.717, 1.165) is 30.1 Å². The van der Waals surface area contributed by atoms with Gasteiger partial charge in [0.15, 0.2) is 0 Å². The maximum Gasteiger partial charge on any atom is 0.311 e. The van der Waals surface area contributed by atoms with Gasteiger partial charge in [0.1, 0.15) is 0 Å². The number of aliphatic hydroxyl groups excluding tert-OH is 1. The first-order valence-electron chi connectivity index (χ1n) is 6.03. The third-order valence-corrected chi connectivity index (χ3v) is 3.59. The number of nitrogens with zero attached hydrogens (tertiary/aromatic N) is 1. The maximum absolute atomic E-state index is 11.1. The van der Waals surface area contributed by atoms with Crippen LogP contribution in [0.3, 0.4) is 0 Å². The Morgan fingerprint density at radius 3 is 3.06 bits per heavy atom. The van der Waals surface area contributed by atoms with Gasteiger partial charge >= 0.3 is 5.97 Å². The standard InChI is InChI=1S/C12H20N2O3S/c1-3-9(7-15)13-5-4-11-14-10(8-18-11)6-12(16)17-2/h8-9,13,15H,3-7H2,1-2H3. The van der Waals surface area contributed by atoms with Gasteiger partial charge in [-0.1, -0.05) is 6.92 Å². The molecule has 0 aliphatic carbocycles. The number of hydrogen-bond donors (Lipinski definition) is 2. The van der Waals surface area contributed by atoms with Crippen LogP contribution in [0.4, 0.5) is 0 Å². The summed E-state index contributed by atoms with van der Waals surface area (Å²) in [4.78, 5) is 15.4. The van der Waals surface area contributed by atoms with Crippen molar-refractivity contribution >= 4 is 17.3 Å². The van der Waals surface area contributed by atoms with Gasteiger partial charge in [-0.25, -0.2) is 4.98 Å². The van der Waals surface area contributed by atoms with Gasteiger partial charge in [-0.15, -0.1) is 11.3 Å². The summed E-state index contributed by atoms with van der Waals surface area (Å²) in [6.07, 6.45) is 1.94. The molecular formula is C12H20N2O3S. The van der Waals surface area contributed by atoms with Gasteiger partial charge in [-0.2, -0.15) is 0 Å². The van der Waals surface area contributed by atoms with Gasteiger partial charge in [0.2, 0.25) is 0 Å². The maximum atomic E-state index is 11.1. The molecule has 0 saturated heterocycles. The van der Waals surface area contributed by atoms with Gasteiger partial charge in [0.25, 0.3) is 0 Å². The number of esters is 1. The van der Waals surface area contributed by atoms with E-state index in [1.165, 1.54) is 7.11 Å². The van der Waals surface area contributed by atoms with Gasteiger partial charge < -0.3 is 15.2 Å². The molecule has 6 heteroatoms. The van der Waals surface area contributed by atoms with Crippen LogP contribution >= 0.6 is 11.3 Å². The van der Waals surface area contributed by atoms with E-state index in [9.17, 15) is 4.79 Å². The van der Waals surface area contributed by atoms with E-state index in [1.807, 2.05) is 12.3 Å². The fourth-order valence-corrected chi connectivity index (χ4v) is 2.28. The number of aromatic nitrogens is 1. The Labute approximate surface area is 111 Å². The molecule has 2 N–H and O–H groups in total. The normalized spacial score (nSPS) is 12.4. The molecule has 1 unspecified atom stereocenters. The molecule has 0 radical (unpaired) electrons. The number of carbonyl (C=O) groups is 1.